The van der Waals surface area contributed by atoms with Crippen LogP contribution in [-0.2, 0) is 12.0 Å². The SMILES string of the molecule is COc1ccc(Cl)cc1CC(C)(O)c1cccc(F)c1. The molecule has 4 heteroatoms. The van der Waals surface area contributed by atoms with Crippen molar-refractivity contribution in [3.63, 3.8) is 0 Å². The molecule has 0 aliphatic carbocycles. The highest BCUT2D eigenvalue weighted by Gasteiger charge is 2.25. The lowest BCUT2D eigenvalue weighted by atomic mass is 9.88. The van der Waals surface area contributed by atoms with Gasteiger partial charge in [0.25, 0.3) is 0 Å². The standard InChI is InChI=1S/C16H16ClFO2/c1-16(19,12-4-3-5-14(18)9-12)10-11-8-13(17)6-7-15(11)20-2/h3-9,19H,10H2,1-2H3. The van der Waals surface area contributed by atoms with Gasteiger partial charge in [0.2, 0.25) is 0 Å². The van der Waals surface area contributed by atoms with Crippen LogP contribution in [0.5, 0.6) is 5.75 Å². The molecule has 106 valence electrons. The van der Waals surface area contributed by atoms with E-state index in [1.165, 1.54) is 12.1 Å². The zero-order valence-electron chi connectivity index (χ0n) is 11.4. The molecule has 2 aromatic carbocycles. The third-order valence-corrected chi connectivity index (χ3v) is 3.46. The Morgan fingerprint density at radius 3 is 2.65 bits per heavy atom. The first-order valence-corrected chi connectivity index (χ1v) is 6.61. The highest BCUT2D eigenvalue weighted by Crippen LogP contribution is 2.31. The maximum absolute atomic E-state index is 13.3. The van der Waals surface area contributed by atoms with Gasteiger partial charge in [0.15, 0.2) is 0 Å². The molecule has 0 radical (unpaired) electrons. The molecule has 0 aliphatic rings. The third kappa shape index (κ3) is 3.30. The van der Waals surface area contributed by atoms with E-state index in [1.54, 1.807) is 44.4 Å². The molecule has 0 bridgehead atoms. The van der Waals surface area contributed by atoms with Crippen LogP contribution in [0.1, 0.15) is 18.1 Å². The second kappa shape index (κ2) is 5.81. The van der Waals surface area contributed by atoms with E-state index in [2.05, 4.69) is 0 Å². The second-order valence-corrected chi connectivity index (χ2v) is 5.35. The Morgan fingerprint density at radius 1 is 1.25 bits per heavy atom. The van der Waals surface area contributed by atoms with E-state index >= 15 is 0 Å². The van der Waals surface area contributed by atoms with Gasteiger partial charge in [-0.15, -0.1) is 0 Å². The summed E-state index contributed by atoms with van der Waals surface area (Å²) in [6.45, 7) is 1.64. The van der Waals surface area contributed by atoms with Gasteiger partial charge in [-0.2, -0.15) is 0 Å². The average molecular weight is 295 g/mol. The highest BCUT2D eigenvalue weighted by molar-refractivity contribution is 6.30. The first-order valence-electron chi connectivity index (χ1n) is 6.23. The number of ether oxygens (including phenoxy) is 1. The molecular formula is C16H16ClFO2. The van der Waals surface area contributed by atoms with Gasteiger partial charge in [-0.05, 0) is 48.4 Å². The molecule has 1 N–H and O–H groups in total. The Bertz CT molecular complexity index is 611. The van der Waals surface area contributed by atoms with E-state index in [4.69, 9.17) is 16.3 Å². The molecule has 0 heterocycles. The normalized spacial score (nSPS) is 13.8. The van der Waals surface area contributed by atoms with Crippen LogP contribution in [0.3, 0.4) is 0 Å². The van der Waals surface area contributed by atoms with Crippen molar-refractivity contribution in [3.8, 4) is 5.75 Å². The first-order chi connectivity index (χ1) is 9.42. The van der Waals surface area contributed by atoms with Crippen LogP contribution in [-0.4, -0.2) is 12.2 Å². The summed E-state index contributed by atoms with van der Waals surface area (Å²) in [6, 6.07) is 11.2. The Kier molecular flexibility index (Phi) is 4.31. The minimum Gasteiger partial charge on any atom is -0.496 e. The minimum absolute atomic E-state index is 0.278. The second-order valence-electron chi connectivity index (χ2n) is 4.92. The quantitative estimate of drug-likeness (QED) is 0.925. The lowest BCUT2D eigenvalue weighted by Crippen LogP contribution is -2.24. The van der Waals surface area contributed by atoms with E-state index in [1.807, 2.05) is 0 Å². The van der Waals surface area contributed by atoms with E-state index in [0.717, 1.165) is 5.56 Å². The van der Waals surface area contributed by atoms with Gasteiger partial charge < -0.3 is 9.84 Å². The van der Waals surface area contributed by atoms with E-state index < -0.39 is 5.60 Å². The molecule has 20 heavy (non-hydrogen) atoms. The van der Waals surface area contributed by atoms with Crippen molar-refractivity contribution in [2.24, 2.45) is 0 Å². The first kappa shape index (κ1) is 14.8. The van der Waals surface area contributed by atoms with Gasteiger partial charge >= 0.3 is 0 Å². The summed E-state index contributed by atoms with van der Waals surface area (Å²) in [7, 11) is 1.56. The Balaban J connectivity index is 2.35. The van der Waals surface area contributed by atoms with Crippen LogP contribution in [0, 0.1) is 5.82 Å². The van der Waals surface area contributed by atoms with Crippen molar-refractivity contribution >= 4 is 11.6 Å². The Labute approximate surface area is 122 Å². The lowest BCUT2D eigenvalue weighted by molar-refractivity contribution is 0.0566. The summed E-state index contributed by atoms with van der Waals surface area (Å²) in [5, 5.41) is 11.2. The molecule has 0 fully saturated rings. The summed E-state index contributed by atoms with van der Waals surface area (Å²) in [6.07, 6.45) is 0.278. The molecule has 2 aromatic rings. The molecule has 1 unspecified atom stereocenters. The van der Waals surface area contributed by atoms with Crippen LogP contribution < -0.4 is 4.74 Å². The number of rotatable bonds is 4. The summed E-state index contributed by atoms with van der Waals surface area (Å²) in [5.41, 5.74) is 0.0776. The van der Waals surface area contributed by atoms with Crippen LogP contribution in [0.4, 0.5) is 4.39 Å². The molecule has 0 aromatic heterocycles. The monoisotopic (exact) mass is 294 g/mol. The van der Waals surface area contributed by atoms with Crippen molar-refractivity contribution in [1.82, 2.24) is 0 Å². The number of hydrogen-bond acceptors (Lipinski definition) is 2. The molecule has 2 rings (SSSR count). The van der Waals surface area contributed by atoms with E-state index in [9.17, 15) is 9.50 Å². The van der Waals surface area contributed by atoms with E-state index in [-0.39, 0.29) is 12.2 Å². The Morgan fingerprint density at radius 2 is 2.00 bits per heavy atom. The summed E-state index contributed by atoms with van der Waals surface area (Å²) >= 11 is 5.98. The fourth-order valence-corrected chi connectivity index (χ4v) is 2.38. The van der Waals surface area contributed by atoms with Gasteiger partial charge in [-0.25, -0.2) is 4.39 Å². The van der Waals surface area contributed by atoms with Crippen LogP contribution in [0.15, 0.2) is 42.5 Å². The molecular weight excluding hydrogens is 279 g/mol. The fraction of sp³-hybridized carbons (Fsp3) is 0.250. The smallest absolute Gasteiger partial charge is 0.123 e. The summed E-state index contributed by atoms with van der Waals surface area (Å²) in [5.74, 6) is 0.270. The zero-order chi connectivity index (χ0) is 14.8. The highest BCUT2D eigenvalue weighted by atomic mass is 35.5. The van der Waals surface area contributed by atoms with Gasteiger partial charge in [0.1, 0.15) is 11.6 Å². The maximum Gasteiger partial charge on any atom is 0.123 e. The van der Waals surface area contributed by atoms with Crippen molar-refractivity contribution < 1.29 is 14.2 Å². The largest absolute Gasteiger partial charge is 0.496 e. The Hall–Kier alpha value is -1.58. The van der Waals surface area contributed by atoms with Crippen molar-refractivity contribution in [1.29, 1.82) is 0 Å². The average Bonchev–Trinajstić information content (AvgIpc) is 2.38. The fourth-order valence-electron chi connectivity index (χ4n) is 2.18. The van der Waals surface area contributed by atoms with E-state index in [0.29, 0.717) is 16.3 Å². The number of hydrogen-bond donors (Lipinski definition) is 1. The van der Waals surface area contributed by atoms with Gasteiger partial charge in [0.05, 0.1) is 12.7 Å². The van der Waals surface area contributed by atoms with Crippen LogP contribution >= 0.6 is 11.6 Å². The summed E-state index contributed by atoms with van der Waals surface area (Å²) < 4.78 is 18.6. The molecule has 0 saturated carbocycles. The third-order valence-electron chi connectivity index (χ3n) is 3.22. The topological polar surface area (TPSA) is 29.5 Å². The number of halogens is 2. The molecule has 0 aliphatic heterocycles. The number of benzene rings is 2. The zero-order valence-corrected chi connectivity index (χ0v) is 12.1. The molecule has 0 spiro atoms. The van der Waals surface area contributed by atoms with Gasteiger partial charge in [-0.1, -0.05) is 23.7 Å². The maximum atomic E-state index is 13.3. The number of methoxy groups -OCH3 is 1. The number of aliphatic hydroxyl groups is 1. The molecule has 0 amide bonds. The molecule has 2 nitrogen and oxygen atoms in total. The summed E-state index contributed by atoms with van der Waals surface area (Å²) in [4.78, 5) is 0. The van der Waals surface area contributed by atoms with Crippen molar-refractivity contribution in [2.45, 2.75) is 18.9 Å². The predicted molar refractivity (Wildman–Crippen MR) is 77.7 cm³/mol. The molecule has 1 atom stereocenters. The van der Waals surface area contributed by atoms with Crippen molar-refractivity contribution in [2.75, 3.05) is 7.11 Å². The minimum atomic E-state index is -1.21. The van der Waals surface area contributed by atoms with Crippen molar-refractivity contribution in [3.05, 3.63) is 64.4 Å². The van der Waals surface area contributed by atoms with Crippen LogP contribution in [0.2, 0.25) is 5.02 Å². The lowest BCUT2D eigenvalue weighted by Gasteiger charge is -2.25. The van der Waals surface area contributed by atoms with Crippen LogP contribution in [0.25, 0.3) is 0 Å². The molecule has 0 saturated heterocycles. The van der Waals surface area contributed by atoms with Gasteiger partial charge in [0, 0.05) is 11.4 Å². The predicted octanol–water partition coefficient (Wildman–Crippen LogP) is 3.94. The van der Waals surface area contributed by atoms with Gasteiger partial charge in [-0.3, -0.25) is 0 Å².